The molecule has 0 aliphatic heterocycles. The van der Waals surface area contributed by atoms with E-state index in [9.17, 15) is 9.32 Å². The van der Waals surface area contributed by atoms with Crippen molar-refractivity contribution >= 4 is 10.8 Å². The summed E-state index contributed by atoms with van der Waals surface area (Å²) in [6.45, 7) is 6.08. The van der Waals surface area contributed by atoms with E-state index < -0.39 is 16.4 Å². The second kappa shape index (κ2) is 4.85. The van der Waals surface area contributed by atoms with Gasteiger partial charge in [0.1, 0.15) is 0 Å². The quantitative estimate of drug-likeness (QED) is 0.767. The van der Waals surface area contributed by atoms with Gasteiger partial charge in [-0.25, -0.2) is 0 Å². The summed E-state index contributed by atoms with van der Waals surface area (Å²) in [5, 5.41) is 11.0. The minimum absolute atomic E-state index is 0.180. The van der Waals surface area contributed by atoms with Crippen molar-refractivity contribution in [3.8, 4) is 0 Å². The average molecular weight is 256 g/mol. The van der Waals surface area contributed by atoms with E-state index in [1.165, 1.54) is 0 Å². The Morgan fingerprint density at radius 3 is 2.35 bits per heavy atom. The average Bonchev–Trinajstić information content (AvgIpc) is 2.97. The number of hydrogen-bond acceptors (Lipinski definition) is 2. The van der Waals surface area contributed by atoms with Gasteiger partial charge in [-0.15, -0.1) is 0 Å². The first kappa shape index (κ1) is 13.3. The highest BCUT2D eigenvalue weighted by molar-refractivity contribution is 7.85. The molecule has 3 heteroatoms. The highest BCUT2D eigenvalue weighted by Gasteiger charge is 2.54. The van der Waals surface area contributed by atoms with Gasteiger partial charge in [0.05, 0.1) is 5.60 Å². The van der Waals surface area contributed by atoms with Gasteiger partial charge in [0.2, 0.25) is 0 Å². The lowest BCUT2D eigenvalue weighted by molar-refractivity contribution is -0.0338. The van der Waals surface area contributed by atoms with Gasteiger partial charge in [-0.1, -0.05) is 32.9 Å². The van der Waals surface area contributed by atoms with E-state index in [1.54, 1.807) is 0 Å². The van der Waals surface area contributed by atoms with Crippen LogP contribution in [0.3, 0.4) is 0 Å². The van der Waals surface area contributed by atoms with Gasteiger partial charge >= 0.3 is 0 Å². The number of allylic oxidation sites excluding steroid dienone is 2. The summed E-state index contributed by atoms with van der Waals surface area (Å²) < 4.78 is 12.3. The second-order valence-corrected chi connectivity index (χ2v) is 7.30. The van der Waals surface area contributed by atoms with Crippen LogP contribution < -0.4 is 0 Å². The van der Waals surface area contributed by atoms with Crippen LogP contribution in [0.15, 0.2) is 12.2 Å². The lowest BCUT2D eigenvalue weighted by Gasteiger charge is -2.40. The van der Waals surface area contributed by atoms with E-state index >= 15 is 0 Å². The van der Waals surface area contributed by atoms with E-state index in [1.807, 2.05) is 20.8 Å². The standard InChI is InChI=1S/C14H24O2S/c1-4-14(15,5-2)12-10-7-8-11(9-10)13(12)17(16)6-3/h7-8,10-13,15H,4-6,9H2,1-3H3. The van der Waals surface area contributed by atoms with Crippen molar-refractivity contribution in [2.24, 2.45) is 17.8 Å². The molecular weight excluding hydrogens is 232 g/mol. The molecule has 2 aliphatic rings. The van der Waals surface area contributed by atoms with Gasteiger partial charge in [-0.05, 0) is 31.1 Å². The number of fused-ring (bicyclic) bond motifs is 2. The first-order valence-corrected chi connectivity index (χ1v) is 8.23. The summed E-state index contributed by atoms with van der Waals surface area (Å²) in [6, 6.07) is 0. The summed E-state index contributed by atoms with van der Waals surface area (Å²) in [7, 11) is -0.793. The molecule has 2 aliphatic carbocycles. The normalized spacial score (nSPS) is 37.6. The van der Waals surface area contributed by atoms with Crippen molar-refractivity contribution in [3.63, 3.8) is 0 Å². The molecule has 17 heavy (non-hydrogen) atoms. The van der Waals surface area contributed by atoms with E-state index in [2.05, 4.69) is 12.2 Å². The molecule has 0 aromatic carbocycles. The predicted molar refractivity (Wildman–Crippen MR) is 72.2 cm³/mol. The molecular formula is C14H24O2S. The first-order chi connectivity index (χ1) is 8.07. The monoisotopic (exact) mass is 256 g/mol. The van der Waals surface area contributed by atoms with Crippen LogP contribution in [-0.2, 0) is 10.8 Å². The van der Waals surface area contributed by atoms with Crippen molar-refractivity contribution in [1.29, 1.82) is 0 Å². The third kappa shape index (κ3) is 2.01. The maximum absolute atomic E-state index is 12.3. The molecule has 0 amide bonds. The number of aliphatic hydroxyl groups is 1. The molecule has 5 unspecified atom stereocenters. The highest BCUT2D eigenvalue weighted by atomic mass is 32.2. The minimum Gasteiger partial charge on any atom is -0.390 e. The van der Waals surface area contributed by atoms with Crippen LogP contribution in [0.1, 0.15) is 40.0 Å². The fourth-order valence-electron chi connectivity index (χ4n) is 3.75. The van der Waals surface area contributed by atoms with Crippen LogP contribution in [0.4, 0.5) is 0 Å². The van der Waals surface area contributed by atoms with E-state index in [4.69, 9.17) is 0 Å². The summed E-state index contributed by atoms with van der Waals surface area (Å²) in [5.74, 6) is 1.80. The SMILES string of the molecule is CCS(=O)C1C2C=CC(C2)C1C(O)(CC)CC. The van der Waals surface area contributed by atoms with Gasteiger partial charge in [0.25, 0.3) is 0 Å². The third-order valence-corrected chi connectivity index (χ3v) is 6.64. The van der Waals surface area contributed by atoms with Crippen LogP contribution in [0.5, 0.6) is 0 Å². The first-order valence-electron chi connectivity index (χ1n) is 6.85. The summed E-state index contributed by atoms with van der Waals surface area (Å²) in [4.78, 5) is 0. The molecule has 0 aromatic heterocycles. The second-order valence-electron chi connectivity index (χ2n) is 5.42. The van der Waals surface area contributed by atoms with Gasteiger partial charge in [-0.3, -0.25) is 4.21 Å². The van der Waals surface area contributed by atoms with Crippen LogP contribution >= 0.6 is 0 Å². The van der Waals surface area contributed by atoms with E-state index in [-0.39, 0.29) is 11.2 Å². The molecule has 2 nitrogen and oxygen atoms in total. The molecule has 1 N–H and O–H groups in total. The van der Waals surface area contributed by atoms with E-state index in [0.29, 0.717) is 17.6 Å². The van der Waals surface area contributed by atoms with Crippen LogP contribution in [0, 0.1) is 17.8 Å². The van der Waals surface area contributed by atoms with Crippen molar-refractivity contribution < 1.29 is 9.32 Å². The maximum Gasteiger partial charge on any atom is 0.0687 e. The van der Waals surface area contributed by atoms with Crippen molar-refractivity contribution in [2.45, 2.75) is 50.9 Å². The van der Waals surface area contributed by atoms with Gasteiger partial charge < -0.3 is 5.11 Å². The van der Waals surface area contributed by atoms with Crippen LogP contribution in [0.25, 0.3) is 0 Å². The van der Waals surface area contributed by atoms with Crippen molar-refractivity contribution in [3.05, 3.63) is 12.2 Å². The Bertz CT molecular complexity index is 333. The Morgan fingerprint density at radius 2 is 1.82 bits per heavy atom. The summed E-state index contributed by atoms with van der Waals surface area (Å²) >= 11 is 0. The summed E-state index contributed by atoms with van der Waals surface area (Å²) in [6.07, 6.45) is 7.11. The number of hydrogen-bond donors (Lipinski definition) is 1. The smallest absolute Gasteiger partial charge is 0.0687 e. The van der Waals surface area contributed by atoms with Crippen LogP contribution in [0.2, 0.25) is 0 Å². The van der Waals surface area contributed by atoms with Gasteiger partial charge in [0, 0.05) is 27.7 Å². The Kier molecular flexibility index (Phi) is 3.79. The molecule has 0 aromatic rings. The zero-order valence-corrected chi connectivity index (χ0v) is 11.9. The fourth-order valence-corrected chi connectivity index (χ4v) is 5.51. The Balaban J connectivity index is 2.31. The zero-order chi connectivity index (χ0) is 12.6. The molecule has 0 heterocycles. The zero-order valence-electron chi connectivity index (χ0n) is 11.1. The van der Waals surface area contributed by atoms with Crippen LogP contribution in [-0.4, -0.2) is 25.9 Å². The lowest BCUT2D eigenvalue weighted by atomic mass is 9.75. The summed E-state index contributed by atoms with van der Waals surface area (Å²) in [5.41, 5.74) is -0.625. The largest absolute Gasteiger partial charge is 0.390 e. The Morgan fingerprint density at radius 1 is 1.24 bits per heavy atom. The topological polar surface area (TPSA) is 37.3 Å². The maximum atomic E-state index is 12.3. The van der Waals surface area contributed by atoms with E-state index in [0.717, 1.165) is 19.3 Å². The third-order valence-electron chi connectivity index (χ3n) is 4.82. The van der Waals surface area contributed by atoms with Gasteiger partial charge in [-0.2, -0.15) is 0 Å². The highest BCUT2D eigenvalue weighted by Crippen LogP contribution is 2.52. The van der Waals surface area contributed by atoms with Crippen molar-refractivity contribution in [2.75, 3.05) is 5.75 Å². The predicted octanol–water partition coefficient (Wildman–Crippen LogP) is 2.50. The molecule has 5 atom stereocenters. The fraction of sp³-hybridized carbons (Fsp3) is 0.857. The lowest BCUT2D eigenvalue weighted by Crippen LogP contribution is -2.47. The molecule has 0 radical (unpaired) electrons. The molecule has 0 spiro atoms. The molecule has 0 saturated heterocycles. The Hall–Kier alpha value is -0.150. The molecule has 1 fully saturated rings. The molecule has 1 saturated carbocycles. The Labute approximate surface area is 107 Å². The molecule has 98 valence electrons. The molecule has 2 bridgehead atoms. The molecule has 2 rings (SSSR count). The number of rotatable bonds is 5. The van der Waals surface area contributed by atoms with Crippen molar-refractivity contribution in [1.82, 2.24) is 0 Å². The van der Waals surface area contributed by atoms with Gasteiger partial charge in [0.15, 0.2) is 0 Å². The minimum atomic E-state index is -0.793.